The number of hydrogen-bond donors (Lipinski definition) is 2. The standard InChI is InChI=1S/C21H28F3N3O3S/c1-14(12-28)9-27-11-15(8-25-27)10-26-5-3-20(4-6-26)18-16(2-7-30-20)17(13-29)19(31-18)21(22,23)24/h8,11,14,28-29H,2-7,9-10,12-13H2,1H3. The quantitative estimate of drug-likeness (QED) is 0.695. The predicted molar refractivity (Wildman–Crippen MR) is 110 cm³/mol. The molecule has 0 aromatic carbocycles. The molecule has 0 saturated carbocycles. The normalized spacial score (nSPS) is 20.2. The summed E-state index contributed by atoms with van der Waals surface area (Å²) in [5.41, 5.74) is 1.05. The fourth-order valence-corrected chi connectivity index (χ4v) is 6.04. The largest absolute Gasteiger partial charge is 0.425 e. The second kappa shape index (κ2) is 8.82. The van der Waals surface area contributed by atoms with Crippen LogP contribution in [0.5, 0.6) is 0 Å². The van der Waals surface area contributed by atoms with Gasteiger partial charge in [-0.2, -0.15) is 18.3 Å². The summed E-state index contributed by atoms with van der Waals surface area (Å²) < 4.78 is 48.5. The van der Waals surface area contributed by atoms with Crippen molar-refractivity contribution >= 4 is 11.3 Å². The topological polar surface area (TPSA) is 70.8 Å². The average molecular weight is 460 g/mol. The Morgan fingerprint density at radius 1 is 1.29 bits per heavy atom. The van der Waals surface area contributed by atoms with Crippen LogP contribution in [-0.4, -0.2) is 51.2 Å². The van der Waals surface area contributed by atoms with E-state index in [1.54, 1.807) is 0 Å². The number of nitrogens with zero attached hydrogens (tertiary/aromatic N) is 3. The van der Waals surface area contributed by atoms with Crippen LogP contribution >= 0.6 is 11.3 Å². The van der Waals surface area contributed by atoms with Crippen molar-refractivity contribution in [3.05, 3.63) is 38.8 Å². The van der Waals surface area contributed by atoms with Crippen LogP contribution in [0, 0.1) is 5.92 Å². The molecule has 0 aliphatic carbocycles. The number of ether oxygens (including phenoxy) is 1. The first kappa shape index (κ1) is 22.7. The van der Waals surface area contributed by atoms with Gasteiger partial charge in [0, 0.05) is 55.0 Å². The van der Waals surface area contributed by atoms with Crippen molar-refractivity contribution in [2.24, 2.45) is 5.92 Å². The highest BCUT2D eigenvalue weighted by Crippen LogP contribution is 2.50. The van der Waals surface area contributed by atoms with E-state index in [4.69, 9.17) is 4.74 Å². The van der Waals surface area contributed by atoms with E-state index >= 15 is 0 Å². The van der Waals surface area contributed by atoms with Gasteiger partial charge in [0.2, 0.25) is 0 Å². The molecule has 4 rings (SSSR count). The highest BCUT2D eigenvalue weighted by atomic mass is 32.1. The summed E-state index contributed by atoms with van der Waals surface area (Å²) in [6, 6.07) is 0. The first-order valence-electron chi connectivity index (χ1n) is 10.6. The Hall–Kier alpha value is -1.46. The van der Waals surface area contributed by atoms with E-state index in [0.717, 1.165) is 23.4 Å². The first-order valence-corrected chi connectivity index (χ1v) is 11.4. The van der Waals surface area contributed by atoms with Crippen molar-refractivity contribution in [1.82, 2.24) is 14.7 Å². The Morgan fingerprint density at radius 2 is 2.03 bits per heavy atom. The van der Waals surface area contributed by atoms with Gasteiger partial charge >= 0.3 is 6.18 Å². The van der Waals surface area contributed by atoms with E-state index in [-0.39, 0.29) is 18.1 Å². The minimum absolute atomic E-state index is 0.0297. The molecule has 1 unspecified atom stereocenters. The van der Waals surface area contributed by atoms with E-state index in [1.165, 1.54) is 0 Å². The van der Waals surface area contributed by atoms with E-state index in [9.17, 15) is 23.4 Å². The molecule has 2 aliphatic heterocycles. The highest BCUT2D eigenvalue weighted by molar-refractivity contribution is 7.12. The van der Waals surface area contributed by atoms with E-state index in [1.807, 2.05) is 24.0 Å². The summed E-state index contributed by atoms with van der Waals surface area (Å²) in [6.45, 7) is 4.66. The lowest BCUT2D eigenvalue weighted by atomic mass is 9.84. The monoisotopic (exact) mass is 459 g/mol. The Kier molecular flexibility index (Phi) is 6.47. The molecule has 31 heavy (non-hydrogen) atoms. The zero-order chi connectivity index (χ0) is 22.2. The minimum atomic E-state index is -4.46. The minimum Gasteiger partial charge on any atom is -0.396 e. The van der Waals surface area contributed by atoms with Gasteiger partial charge in [0.05, 0.1) is 19.4 Å². The van der Waals surface area contributed by atoms with Crippen molar-refractivity contribution in [3.8, 4) is 0 Å². The number of halogens is 3. The summed E-state index contributed by atoms with van der Waals surface area (Å²) >= 11 is 0.753. The first-order chi connectivity index (χ1) is 14.8. The number of thiophene rings is 1. The molecule has 1 saturated heterocycles. The van der Waals surface area contributed by atoms with Crippen LogP contribution in [-0.2, 0) is 42.6 Å². The van der Waals surface area contributed by atoms with Gasteiger partial charge in [-0.3, -0.25) is 9.58 Å². The number of fused-ring (bicyclic) bond motifs is 2. The summed E-state index contributed by atoms with van der Waals surface area (Å²) in [4.78, 5) is 2.24. The van der Waals surface area contributed by atoms with Gasteiger partial charge < -0.3 is 14.9 Å². The number of piperidine rings is 1. The molecule has 0 amide bonds. The second-order valence-corrected chi connectivity index (χ2v) is 9.62. The van der Waals surface area contributed by atoms with E-state index < -0.39 is 23.3 Å². The number of aromatic nitrogens is 2. The number of aliphatic hydroxyl groups excluding tert-OH is 2. The van der Waals surface area contributed by atoms with Crippen molar-refractivity contribution in [2.45, 2.75) is 57.7 Å². The summed E-state index contributed by atoms with van der Waals surface area (Å²) in [5, 5.41) is 23.2. The predicted octanol–water partition coefficient (Wildman–Crippen LogP) is 3.15. The Labute approximate surface area is 183 Å². The molecule has 2 aliphatic rings. The third-order valence-corrected chi connectivity index (χ3v) is 7.75. The van der Waals surface area contributed by atoms with E-state index in [0.29, 0.717) is 55.9 Å². The maximum absolute atomic E-state index is 13.5. The third kappa shape index (κ3) is 4.54. The number of hydrogen-bond acceptors (Lipinski definition) is 6. The van der Waals surface area contributed by atoms with Crippen molar-refractivity contribution < 1.29 is 28.1 Å². The summed E-state index contributed by atoms with van der Waals surface area (Å²) in [6.07, 6.45) is 1.00. The molecule has 1 atom stereocenters. The average Bonchev–Trinajstić information content (AvgIpc) is 3.34. The van der Waals surface area contributed by atoms with Crippen LogP contribution in [0.4, 0.5) is 13.2 Å². The van der Waals surface area contributed by atoms with Crippen molar-refractivity contribution in [3.63, 3.8) is 0 Å². The second-order valence-electron chi connectivity index (χ2n) is 8.60. The fraction of sp³-hybridized carbons (Fsp3) is 0.667. The number of likely N-dealkylation sites (tertiary alicyclic amines) is 1. The molecule has 6 nitrogen and oxygen atoms in total. The van der Waals surface area contributed by atoms with Gasteiger partial charge in [0.25, 0.3) is 0 Å². The molecule has 2 aromatic rings. The smallest absolute Gasteiger partial charge is 0.396 e. The van der Waals surface area contributed by atoms with Gasteiger partial charge in [-0.15, -0.1) is 11.3 Å². The van der Waals surface area contributed by atoms with Crippen LogP contribution in [0.3, 0.4) is 0 Å². The molecule has 0 radical (unpaired) electrons. The van der Waals surface area contributed by atoms with Gasteiger partial charge in [0.1, 0.15) is 10.5 Å². The van der Waals surface area contributed by atoms with Crippen molar-refractivity contribution in [1.29, 1.82) is 0 Å². The Morgan fingerprint density at radius 3 is 2.68 bits per heavy atom. The lowest BCUT2D eigenvalue weighted by Gasteiger charge is -2.43. The van der Waals surface area contributed by atoms with E-state index in [2.05, 4.69) is 10.00 Å². The zero-order valence-corrected chi connectivity index (χ0v) is 18.3. The summed E-state index contributed by atoms with van der Waals surface area (Å²) in [5.74, 6) is 0.136. The Balaban J connectivity index is 1.46. The third-order valence-electron chi connectivity index (χ3n) is 6.24. The fourth-order valence-electron chi connectivity index (χ4n) is 4.61. The van der Waals surface area contributed by atoms with Crippen molar-refractivity contribution in [2.75, 3.05) is 26.3 Å². The lowest BCUT2D eigenvalue weighted by molar-refractivity contribution is -0.135. The molecule has 2 N–H and O–H groups in total. The molecule has 10 heteroatoms. The zero-order valence-electron chi connectivity index (χ0n) is 17.5. The Bertz CT molecular complexity index is 904. The van der Waals surface area contributed by atoms with Crippen LogP contribution in [0.25, 0.3) is 0 Å². The molecule has 1 spiro atoms. The number of aliphatic hydroxyl groups is 2. The lowest BCUT2D eigenvalue weighted by Crippen LogP contribution is -2.45. The molecular formula is C21H28F3N3O3S. The van der Waals surface area contributed by atoms with Crippen LogP contribution < -0.4 is 0 Å². The number of alkyl halides is 3. The van der Waals surface area contributed by atoms with Gasteiger partial charge in [-0.25, -0.2) is 0 Å². The summed E-state index contributed by atoms with van der Waals surface area (Å²) in [7, 11) is 0. The molecule has 0 bridgehead atoms. The van der Waals surface area contributed by atoms with Gasteiger partial charge in [-0.05, 0) is 30.7 Å². The molecule has 172 valence electrons. The van der Waals surface area contributed by atoms with Crippen LogP contribution in [0.2, 0.25) is 0 Å². The van der Waals surface area contributed by atoms with Crippen LogP contribution in [0.15, 0.2) is 12.4 Å². The molecule has 4 heterocycles. The van der Waals surface area contributed by atoms with Gasteiger partial charge in [0.15, 0.2) is 0 Å². The number of rotatable bonds is 6. The molecule has 1 fully saturated rings. The molecular weight excluding hydrogens is 431 g/mol. The maximum Gasteiger partial charge on any atom is 0.425 e. The maximum atomic E-state index is 13.5. The highest BCUT2D eigenvalue weighted by Gasteiger charge is 2.47. The SMILES string of the molecule is CC(CO)Cn1cc(CN2CCC3(CC2)OCCc2c3sc(C(F)(F)F)c2CO)cn1. The van der Waals surface area contributed by atoms with Gasteiger partial charge in [-0.1, -0.05) is 6.92 Å². The molecule has 2 aromatic heterocycles. The van der Waals surface area contributed by atoms with Crippen LogP contribution in [0.1, 0.15) is 46.2 Å².